The maximum atomic E-state index is 12.9. The second kappa shape index (κ2) is 6.61. The summed E-state index contributed by atoms with van der Waals surface area (Å²) in [6, 6.07) is 4.28. The Morgan fingerprint density at radius 2 is 2.16 bits per heavy atom. The Balaban J connectivity index is 1.84. The van der Waals surface area contributed by atoms with E-state index in [0.717, 1.165) is 19.6 Å². The largest absolute Gasteiger partial charge is 0.347 e. The lowest BCUT2D eigenvalue weighted by Gasteiger charge is -2.29. The molecule has 1 saturated heterocycles. The van der Waals surface area contributed by atoms with Crippen molar-refractivity contribution in [1.29, 1.82) is 0 Å². The number of piperidine rings is 1. The Kier molecular flexibility index (Phi) is 4.85. The van der Waals surface area contributed by atoms with Crippen LogP contribution in [0.2, 0.25) is 0 Å². The first-order valence-electron chi connectivity index (χ1n) is 6.81. The molecule has 2 rings (SSSR count). The zero-order chi connectivity index (χ0) is 13.7. The van der Waals surface area contributed by atoms with Crippen LogP contribution in [-0.4, -0.2) is 41.5 Å². The average Bonchev–Trinajstić information content (AvgIpc) is 2.39. The molecule has 1 aromatic rings. The number of rotatable bonds is 4. The summed E-state index contributed by atoms with van der Waals surface area (Å²) in [7, 11) is 0. The molecule has 0 radical (unpaired) electrons. The maximum absolute atomic E-state index is 12.9. The number of hydrogen-bond acceptors (Lipinski definition) is 3. The van der Waals surface area contributed by atoms with Gasteiger partial charge in [0, 0.05) is 12.6 Å². The standard InChI is InChI=1S/C14H20FN3O/c1-11(10-18-8-3-2-4-9-18)16-14(19)12-6-5-7-13(15)17-12/h5-7,11H,2-4,8-10H2,1H3,(H,16,19). The highest BCUT2D eigenvalue weighted by atomic mass is 19.1. The van der Waals surface area contributed by atoms with Gasteiger partial charge >= 0.3 is 0 Å². The molecular formula is C14H20FN3O. The van der Waals surface area contributed by atoms with Gasteiger partial charge in [-0.15, -0.1) is 0 Å². The molecule has 19 heavy (non-hydrogen) atoms. The van der Waals surface area contributed by atoms with E-state index in [-0.39, 0.29) is 17.6 Å². The molecule has 1 aliphatic heterocycles. The molecule has 104 valence electrons. The van der Waals surface area contributed by atoms with Gasteiger partial charge < -0.3 is 10.2 Å². The van der Waals surface area contributed by atoms with E-state index < -0.39 is 5.95 Å². The topological polar surface area (TPSA) is 45.2 Å². The summed E-state index contributed by atoms with van der Waals surface area (Å²) >= 11 is 0. The number of likely N-dealkylation sites (tertiary alicyclic amines) is 1. The predicted octanol–water partition coefficient (Wildman–Crippen LogP) is 1.82. The molecule has 1 amide bonds. The minimum absolute atomic E-state index is 0.0377. The van der Waals surface area contributed by atoms with E-state index in [1.807, 2.05) is 6.92 Å². The molecular weight excluding hydrogens is 245 g/mol. The number of amides is 1. The van der Waals surface area contributed by atoms with Gasteiger partial charge in [0.2, 0.25) is 5.95 Å². The van der Waals surface area contributed by atoms with E-state index in [1.165, 1.54) is 37.5 Å². The van der Waals surface area contributed by atoms with E-state index in [1.54, 1.807) is 0 Å². The zero-order valence-electron chi connectivity index (χ0n) is 11.2. The van der Waals surface area contributed by atoms with Gasteiger partial charge in [-0.2, -0.15) is 4.39 Å². The van der Waals surface area contributed by atoms with Gasteiger partial charge in [-0.3, -0.25) is 4.79 Å². The second-order valence-corrected chi connectivity index (χ2v) is 5.08. The van der Waals surface area contributed by atoms with Crippen molar-refractivity contribution in [2.45, 2.75) is 32.2 Å². The van der Waals surface area contributed by atoms with Crippen molar-refractivity contribution in [3.05, 3.63) is 29.8 Å². The third-order valence-electron chi connectivity index (χ3n) is 3.31. The van der Waals surface area contributed by atoms with Crippen molar-refractivity contribution in [2.24, 2.45) is 0 Å². The SMILES string of the molecule is CC(CN1CCCCC1)NC(=O)c1cccc(F)n1. The van der Waals surface area contributed by atoms with Gasteiger partial charge in [0.1, 0.15) is 5.69 Å². The summed E-state index contributed by atoms with van der Waals surface area (Å²) in [5, 5.41) is 2.86. The van der Waals surface area contributed by atoms with Crippen LogP contribution >= 0.6 is 0 Å². The van der Waals surface area contributed by atoms with E-state index >= 15 is 0 Å². The lowest BCUT2D eigenvalue weighted by atomic mass is 10.1. The number of carbonyl (C=O) groups excluding carboxylic acids is 1. The first kappa shape index (κ1) is 13.9. The second-order valence-electron chi connectivity index (χ2n) is 5.08. The van der Waals surface area contributed by atoms with Crippen LogP contribution in [0.15, 0.2) is 18.2 Å². The molecule has 0 bridgehead atoms. The number of aromatic nitrogens is 1. The van der Waals surface area contributed by atoms with Crippen LogP contribution < -0.4 is 5.32 Å². The van der Waals surface area contributed by atoms with Crippen LogP contribution in [0.25, 0.3) is 0 Å². The fourth-order valence-corrected chi connectivity index (χ4v) is 2.41. The van der Waals surface area contributed by atoms with Gasteiger partial charge in [0.15, 0.2) is 0 Å². The lowest BCUT2D eigenvalue weighted by molar-refractivity contribution is 0.0919. The fraction of sp³-hybridized carbons (Fsp3) is 0.571. The van der Waals surface area contributed by atoms with E-state index in [2.05, 4.69) is 15.2 Å². The summed E-state index contributed by atoms with van der Waals surface area (Å²) in [5.41, 5.74) is 0.130. The summed E-state index contributed by atoms with van der Waals surface area (Å²) < 4.78 is 12.9. The normalized spacial score (nSPS) is 18.0. The smallest absolute Gasteiger partial charge is 0.270 e. The quantitative estimate of drug-likeness (QED) is 0.845. The van der Waals surface area contributed by atoms with Crippen LogP contribution in [-0.2, 0) is 0 Å². The van der Waals surface area contributed by atoms with Crippen LogP contribution in [0.3, 0.4) is 0 Å². The van der Waals surface area contributed by atoms with Crippen molar-refractivity contribution in [3.63, 3.8) is 0 Å². The summed E-state index contributed by atoms with van der Waals surface area (Å²) in [6.45, 7) is 4.99. The molecule has 5 heteroatoms. The molecule has 1 aliphatic rings. The fourth-order valence-electron chi connectivity index (χ4n) is 2.41. The molecule has 0 aliphatic carbocycles. The Labute approximate surface area is 113 Å². The molecule has 4 nitrogen and oxygen atoms in total. The Morgan fingerprint density at radius 3 is 2.84 bits per heavy atom. The first-order chi connectivity index (χ1) is 9.15. The maximum Gasteiger partial charge on any atom is 0.270 e. The van der Waals surface area contributed by atoms with E-state index in [4.69, 9.17) is 0 Å². The van der Waals surface area contributed by atoms with Crippen molar-refractivity contribution < 1.29 is 9.18 Å². The molecule has 1 unspecified atom stereocenters. The van der Waals surface area contributed by atoms with Crippen molar-refractivity contribution in [3.8, 4) is 0 Å². The molecule has 1 N–H and O–H groups in total. The molecule has 1 atom stereocenters. The molecule has 1 aromatic heterocycles. The molecule has 0 saturated carbocycles. The first-order valence-corrected chi connectivity index (χ1v) is 6.81. The lowest BCUT2D eigenvalue weighted by Crippen LogP contribution is -2.43. The van der Waals surface area contributed by atoms with Crippen LogP contribution in [0, 0.1) is 5.95 Å². The Morgan fingerprint density at radius 1 is 1.42 bits per heavy atom. The van der Waals surface area contributed by atoms with Gasteiger partial charge in [-0.05, 0) is 45.0 Å². The van der Waals surface area contributed by atoms with Crippen molar-refractivity contribution in [2.75, 3.05) is 19.6 Å². The monoisotopic (exact) mass is 265 g/mol. The van der Waals surface area contributed by atoms with Gasteiger partial charge in [0.25, 0.3) is 5.91 Å². The molecule has 0 aromatic carbocycles. The summed E-state index contributed by atoms with van der Waals surface area (Å²) in [6.07, 6.45) is 3.75. The number of nitrogens with zero attached hydrogens (tertiary/aromatic N) is 2. The number of carbonyl (C=O) groups is 1. The number of pyridine rings is 1. The highest BCUT2D eigenvalue weighted by Crippen LogP contribution is 2.09. The molecule has 0 spiro atoms. The van der Waals surface area contributed by atoms with Crippen LogP contribution in [0.4, 0.5) is 4.39 Å². The molecule has 1 fully saturated rings. The highest BCUT2D eigenvalue weighted by molar-refractivity contribution is 5.92. The van der Waals surface area contributed by atoms with Gasteiger partial charge in [0.05, 0.1) is 0 Å². The third-order valence-corrected chi connectivity index (χ3v) is 3.31. The zero-order valence-corrected chi connectivity index (χ0v) is 11.2. The molecule has 2 heterocycles. The number of nitrogens with one attached hydrogen (secondary N) is 1. The highest BCUT2D eigenvalue weighted by Gasteiger charge is 2.16. The van der Waals surface area contributed by atoms with Crippen molar-refractivity contribution >= 4 is 5.91 Å². The van der Waals surface area contributed by atoms with Crippen LogP contribution in [0.1, 0.15) is 36.7 Å². The van der Waals surface area contributed by atoms with Gasteiger partial charge in [-0.25, -0.2) is 4.98 Å². The van der Waals surface area contributed by atoms with E-state index in [0.29, 0.717) is 0 Å². The van der Waals surface area contributed by atoms with E-state index in [9.17, 15) is 9.18 Å². The third kappa shape index (κ3) is 4.28. The average molecular weight is 265 g/mol. The Hall–Kier alpha value is -1.49. The van der Waals surface area contributed by atoms with Gasteiger partial charge in [-0.1, -0.05) is 12.5 Å². The minimum Gasteiger partial charge on any atom is -0.347 e. The summed E-state index contributed by atoms with van der Waals surface area (Å²) in [4.78, 5) is 17.8. The predicted molar refractivity (Wildman–Crippen MR) is 71.4 cm³/mol. The summed E-state index contributed by atoms with van der Waals surface area (Å²) in [5.74, 6) is -0.944. The number of hydrogen-bond donors (Lipinski definition) is 1. The Bertz CT molecular complexity index is 432. The van der Waals surface area contributed by atoms with Crippen LogP contribution in [0.5, 0.6) is 0 Å². The van der Waals surface area contributed by atoms with Crippen molar-refractivity contribution in [1.82, 2.24) is 15.2 Å². The number of halogens is 1. The minimum atomic E-state index is -0.628.